The van der Waals surface area contributed by atoms with Gasteiger partial charge in [-0.3, -0.25) is 4.68 Å². The van der Waals surface area contributed by atoms with Crippen LogP contribution in [0, 0.1) is 18.8 Å². The van der Waals surface area contributed by atoms with Crippen molar-refractivity contribution in [1.82, 2.24) is 29.3 Å². The lowest BCUT2D eigenvalue weighted by Gasteiger charge is -2.24. The minimum absolute atomic E-state index is 0.0836. The Labute approximate surface area is 198 Å². The van der Waals surface area contributed by atoms with Crippen LogP contribution in [0.5, 0.6) is 0 Å². The lowest BCUT2D eigenvalue weighted by atomic mass is 10.2. The zero-order valence-corrected chi connectivity index (χ0v) is 19.0. The lowest BCUT2D eigenvalue weighted by molar-refractivity contribution is -0.210. The fourth-order valence-electron chi connectivity index (χ4n) is 4.10. The number of aliphatic hydroxyl groups excluding tert-OH is 1. The standard InChI is InChI=1S/C22H24F3N7O3/c1-3-4-5-6-7-15-29-19(26)16-20(30-15)31(11-27-16)13-8-14(32-10-12(2)9-28-32)18(17(13)33)35-21(34)22(23,24)25/h9-11,13-14,17-18,33H,3-5,8H2,1-2H3,(H2,26,29,30)/t13-,14+,17+,18-/m1/s1. The quantitative estimate of drug-likeness (QED) is 0.316. The molecular formula is C22H24F3N7O3. The normalized spacial score (nSPS) is 22.2. The number of carbonyl (C=O) groups excluding carboxylic acids is 1. The van der Waals surface area contributed by atoms with Gasteiger partial charge >= 0.3 is 12.1 Å². The van der Waals surface area contributed by atoms with Crippen molar-refractivity contribution in [1.29, 1.82) is 0 Å². The van der Waals surface area contributed by atoms with Gasteiger partial charge in [0.15, 0.2) is 17.6 Å². The number of aryl methyl sites for hydroxylation is 1. The highest BCUT2D eigenvalue weighted by Crippen LogP contribution is 2.42. The van der Waals surface area contributed by atoms with E-state index in [1.165, 1.54) is 21.8 Å². The summed E-state index contributed by atoms with van der Waals surface area (Å²) in [5.74, 6) is 3.69. The van der Waals surface area contributed by atoms with Crippen LogP contribution >= 0.6 is 0 Å². The molecule has 4 atom stereocenters. The molecule has 0 bridgehead atoms. The monoisotopic (exact) mass is 491 g/mol. The summed E-state index contributed by atoms with van der Waals surface area (Å²) in [6.07, 6.45) is -1.09. The molecule has 3 heterocycles. The maximum atomic E-state index is 12.9. The first kappa shape index (κ1) is 24.5. The van der Waals surface area contributed by atoms with Crippen LogP contribution in [0.4, 0.5) is 19.0 Å². The molecule has 1 fully saturated rings. The van der Waals surface area contributed by atoms with E-state index in [9.17, 15) is 23.1 Å². The summed E-state index contributed by atoms with van der Waals surface area (Å²) < 4.78 is 46.5. The van der Waals surface area contributed by atoms with Gasteiger partial charge in [-0.2, -0.15) is 18.3 Å². The van der Waals surface area contributed by atoms with E-state index >= 15 is 0 Å². The Morgan fingerprint density at radius 2 is 2.11 bits per heavy atom. The van der Waals surface area contributed by atoms with Crippen LogP contribution in [0.25, 0.3) is 11.2 Å². The molecule has 0 aliphatic heterocycles. The van der Waals surface area contributed by atoms with Crippen LogP contribution in [0.2, 0.25) is 0 Å². The molecule has 1 saturated carbocycles. The number of halogens is 3. The molecule has 3 aromatic rings. The third-order valence-electron chi connectivity index (χ3n) is 5.80. The molecule has 4 rings (SSSR count). The van der Waals surface area contributed by atoms with Crippen LogP contribution in [0.15, 0.2) is 18.7 Å². The zero-order chi connectivity index (χ0) is 25.3. The average Bonchev–Trinajstić information content (AvgIpc) is 3.49. The second-order valence-electron chi connectivity index (χ2n) is 8.39. The van der Waals surface area contributed by atoms with E-state index in [1.54, 1.807) is 13.1 Å². The molecule has 35 heavy (non-hydrogen) atoms. The number of rotatable bonds is 5. The van der Waals surface area contributed by atoms with Gasteiger partial charge in [-0.1, -0.05) is 19.3 Å². The number of nitrogens with two attached hydrogens (primary N) is 1. The fraction of sp³-hybridized carbons (Fsp3) is 0.500. The van der Waals surface area contributed by atoms with Crippen molar-refractivity contribution >= 4 is 23.0 Å². The van der Waals surface area contributed by atoms with Crippen LogP contribution < -0.4 is 5.73 Å². The topological polar surface area (TPSA) is 134 Å². The molecule has 1 aliphatic rings. The van der Waals surface area contributed by atoms with E-state index in [2.05, 4.69) is 31.9 Å². The summed E-state index contributed by atoms with van der Waals surface area (Å²) in [6, 6.07) is -1.70. The highest BCUT2D eigenvalue weighted by Gasteiger charge is 2.51. The number of alkyl halides is 3. The molecule has 0 spiro atoms. The summed E-state index contributed by atoms with van der Waals surface area (Å²) in [5.41, 5.74) is 7.31. The number of hydrogen-bond donors (Lipinski definition) is 2. The number of ether oxygens (including phenoxy) is 1. The summed E-state index contributed by atoms with van der Waals surface area (Å²) in [7, 11) is 0. The molecule has 13 heteroatoms. The van der Waals surface area contributed by atoms with Crippen molar-refractivity contribution in [2.75, 3.05) is 5.73 Å². The minimum Gasteiger partial charge on any atom is -0.451 e. The van der Waals surface area contributed by atoms with Gasteiger partial charge in [0.25, 0.3) is 0 Å². The first-order valence-electron chi connectivity index (χ1n) is 11.1. The van der Waals surface area contributed by atoms with Crippen LogP contribution in [-0.4, -0.2) is 58.8 Å². The Morgan fingerprint density at radius 1 is 1.34 bits per heavy atom. The molecule has 1 aliphatic carbocycles. The molecule has 3 aromatic heterocycles. The summed E-state index contributed by atoms with van der Waals surface area (Å²) >= 11 is 0. The van der Waals surface area contributed by atoms with E-state index < -0.39 is 36.4 Å². The average molecular weight is 491 g/mol. The zero-order valence-electron chi connectivity index (χ0n) is 19.0. The number of imidazole rings is 1. The predicted octanol–water partition coefficient (Wildman–Crippen LogP) is 2.48. The van der Waals surface area contributed by atoms with E-state index in [0.29, 0.717) is 6.42 Å². The first-order valence-corrected chi connectivity index (χ1v) is 11.1. The molecule has 0 amide bonds. The number of fused-ring (bicyclic) bond motifs is 1. The maximum absolute atomic E-state index is 12.9. The van der Waals surface area contributed by atoms with Gasteiger partial charge in [-0.15, -0.1) is 0 Å². The number of nitrogens with zero attached hydrogens (tertiary/aromatic N) is 6. The van der Waals surface area contributed by atoms with Crippen LogP contribution in [0.3, 0.4) is 0 Å². The highest BCUT2D eigenvalue weighted by molar-refractivity contribution is 5.82. The van der Waals surface area contributed by atoms with Gasteiger partial charge < -0.3 is 20.1 Å². The number of esters is 1. The number of aliphatic hydroxyl groups is 1. The molecular weight excluding hydrogens is 467 g/mol. The Kier molecular flexibility index (Phi) is 6.66. The SMILES string of the molecule is CCCCC#Cc1nc(N)c2ncn([C@@H]3C[C@H](n4cc(C)cn4)[C@@H](OC(=O)C(F)(F)F)[C@H]3O)c2n1. The van der Waals surface area contributed by atoms with Crippen molar-refractivity contribution < 1.29 is 27.8 Å². The molecule has 3 N–H and O–H groups in total. The number of anilines is 1. The first-order chi connectivity index (χ1) is 16.6. The van der Waals surface area contributed by atoms with E-state index in [1.807, 2.05) is 6.92 Å². The Morgan fingerprint density at radius 3 is 2.77 bits per heavy atom. The van der Waals surface area contributed by atoms with Gasteiger partial charge in [-0.25, -0.2) is 19.7 Å². The largest absolute Gasteiger partial charge is 0.490 e. The third kappa shape index (κ3) is 4.93. The molecule has 10 nitrogen and oxygen atoms in total. The second kappa shape index (κ2) is 9.53. The summed E-state index contributed by atoms with van der Waals surface area (Å²) in [6.45, 7) is 3.81. The van der Waals surface area contributed by atoms with Crippen molar-refractivity contribution in [3.63, 3.8) is 0 Å². The van der Waals surface area contributed by atoms with E-state index in [4.69, 9.17) is 10.5 Å². The number of carbonyl (C=O) groups is 1. The minimum atomic E-state index is -5.21. The fourth-order valence-corrected chi connectivity index (χ4v) is 4.10. The van der Waals surface area contributed by atoms with E-state index in [0.717, 1.165) is 18.4 Å². The molecule has 0 radical (unpaired) electrons. The Bertz CT molecular complexity index is 1290. The highest BCUT2D eigenvalue weighted by atomic mass is 19.4. The van der Waals surface area contributed by atoms with Crippen LogP contribution in [-0.2, 0) is 9.53 Å². The van der Waals surface area contributed by atoms with Crippen molar-refractivity contribution in [2.45, 2.75) is 70.0 Å². The summed E-state index contributed by atoms with van der Waals surface area (Å²) in [4.78, 5) is 24.4. The van der Waals surface area contributed by atoms with E-state index in [-0.39, 0.29) is 29.2 Å². The van der Waals surface area contributed by atoms with Gasteiger partial charge in [0.1, 0.15) is 11.6 Å². The third-order valence-corrected chi connectivity index (χ3v) is 5.80. The number of aromatic nitrogens is 6. The van der Waals surface area contributed by atoms with Crippen LogP contribution in [0.1, 0.15) is 56.1 Å². The Balaban J connectivity index is 1.71. The maximum Gasteiger partial charge on any atom is 0.490 e. The van der Waals surface area contributed by atoms with Gasteiger partial charge in [0, 0.05) is 12.6 Å². The predicted molar refractivity (Wildman–Crippen MR) is 118 cm³/mol. The molecule has 0 aromatic carbocycles. The van der Waals surface area contributed by atoms with Gasteiger partial charge in [0.05, 0.1) is 24.6 Å². The Hall–Kier alpha value is -3.66. The second-order valence-corrected chi connectivity index (χ2v) is 8.39. The van der Waals surface area contributed by atoms with Gasteiger partial charge in [-0.05, 0) is 31.2 Å². The molecule has 0 saturated heterocycles. The van der Waals surface area contributed by atoms with Crippen molar-refractivity contribution in [2.24, 2.45) is 0 Å². The van der Waals surface area contributed by atoms with Crippen molar-refractivity contribution in [3.05, 3.63) is 30.1 Å². The smallest absolute Gasteiger partial charge is 0.451 e. The lowest BCUT2D eigenvalue weighted by Crippen LogP contribution is -2.39. The summed E-state index contributed by atoms with van der Waals surface area (Å²) in [5, 5.41) is 15.2. The molecule has 0 unspecified atom stereocenters. The van der Waals surface area contributed by atoms with Crippen molar-refractivity contribution in [3.8, 4) is 11.8 Å². The number of hydrogen-bond acceptors (Lipinski definition) is 8. The molecule has 186 valence electrons. The number of unbranched alkanes of at least 4 members (excludes halogenated alkanes) is 2. The van der Waals surface area contributed by atoms with Gasteiger partial charge in [0.2, 0.25) is 5.82 Å². The number of nitrogen functional groups attached to an aromatic ring is 1.